The molecule has 1 saturated carbocycles. The Morgan fingerprint density at radius 2 is 2.00 bits per heavy atom. The van der Waals surface area contributed by atoms with Gasteiger partial charge in [0, 0.05) is 25.1 Å². The van der Waals surface area contributed by atoms with Crippen LogP contribution in [0.3, 0.4) is 0 Å². The minimum absolute atomic E-state index is 0.273. The Balaban J connectivity index is 1.59. The van der Waals surface area contributed by atoms with Gasteiger partial charge in [0.15, 0.2) is 5.79 Å². The van der Waals surface area contributed by atoms with Gasteiger partial charge in [0.25, 0.3) is 0 Å². The maximum Gasteiger partial charge on any atom is 0.168 e. The van der Waals surface area contributed by atoms with E-state index < -0.39 is 0 Å². The van der Waals surface area contributed by atoms with Crippen molar-refractivity contribution in [2.24, 2.45) is 0 Å². The monoisotopic (exact) mass is 312 g/mol. The van der Waals surface area contributed by atoms with Crippen molar-refractivity contribution in [1.29, 1.82) is 0 Å². The van der Waals surface area contributed by atoms with Crippen LogP contribution in [0.15, 0.2) is 22.9 Å². The first-order valence-corrected chi connectivity index (χ1v) is 7.22. The van der Waals surface area contributed by atoms with E-state index in [9.17, 15) is 0 Å². The quantitative estimate of drug-likeness (QED) is 0.853. The van der Waals surface area contributed by atoms with Crippen molar-refractivity contribution >= 4 is 21.6 Å². The molecule has 0 amide bonds. The predicted octanol–water partition coefficient (Wildman–Crippen LogP) is 2.94. The van der Waals surface area contributed by atoms with Gasteiger partial charge in [-0.05, 0) is 40.9 Å². The lowest BCUT2D eigenvalue weighted by Gasteiger charge is -2.36. The van der Waals surface area contributed by atoms with Gasteiger partial charge in [-0.25, -0.2) is 4.98 Å². The highest BCUT2D eigenvalue weighted by atomic mass is 79.9. The predicted molar refractivity (Wildman–Crippen MR) is 72.5 cm³/mol. The molecule has 4 nitrogen and oxygen atoms in total. The van der Waals surface area contributed by atoms with Gasteiger partial charge in [0.05, 0.1) is 18.9 Å². The largest absolute Gasteiger partial charge is 0.380 e. The van der Waals surface area contributed by atoms with Crippen molar-refractivity contribution in [3.05, 3.63) is 22.9 Å². The molecule has 1 aromatic heterocycles. The van der Waals surface area contributed by atoms with Crippen LogP contribution in [-0.4, -0.2) is 30.0 Å². The number of hydrogen-bond acceptors (Lipinski definition) is 4. The summed E-state index contributed by atoms with van der Waals surface area (Å²) >= 11 is 3.46. The molecule has 0 atom stereocenters. The van der Waals surface area contributed by atoms with E-state index in [2.05, 4.69) is 26.2 Å². The van der Waals surface area contributed by atoms with Crippen LogP contribution < -0.4 is 5.32 Å². The van der Waals surface area contributed by atoms with Crippen LogP contribution in [-0.2, 0) is 9.47 Å². The zero-order valence-electron chi connectivity index (χ0n) is 10.2. The Morgan fingerprint density at radius 1 is 1.28 bits per heavy atom. The second-order valence-electron chi connectivity index (χ2n) is 4.87. The molecule has 18 heavy (non-hydrogen) atoms. The van der Waals surface area contributed by atoms with Gasteiger partial charge in [0.2, 0.25) is 0 Å². The van der Waals surface area contributed by atoms with E-state index in [4.69, 9.17) is 9.47 Å². The average Bonchev–Trinajstić information content (AvgIpc) is 2.84. The van der Waals surface area contributed by atoms with Gasteiger partial charge in [-0.1, -0.05) is 0 Å². The highest BCUT2D eigenvalue weighted by molar-refractivity contribution is 9.10. The van der Waals surface area contributed by atoms with E-state index >= 15 is 0 Å². The molecule has 1 aromatic rings. The minimum atomic E-state index is -0.273. The molecule has 1 saturated heterocycles. The van der Waals surface area contributed by atoms with E-state index in [1.54, 1.807) is 6.20 Å². The van der Waals surface area contributed by atoms with Crippen molar-refractivity contribution in [3.8, 4) is 0 Å². The summed E-state index contributed by atoms with van der Waals surface area (Å²) in [4.78, 5) is 4.22. The van der Waals surface area contributed by atoms with Crippen LogP contribution in [0, 0.1) is 0 Å². The van der Waals surface area contributed by atoms with E-state index in [1.807, 2.05) is 12.1 Å². The molecular weight excluding hydrogens is 296 g/mol. The number of nitrogens with one attached hydrogen (secondary N) is 1. The summed E-state index contributed by atoms with van der Waals surface area (Å²) in [5.74, 6) is -0.273. The molecule has 0 unspecified atom stereocenters. The fraction of sp³-hybridized carbons (Fsp3) is 0.615. The fourth-order valence-corrected chi connectivity index (χ4v) is 3.07. The number of aromatic nitrogens is 1. The summed E-state index contributed by atoms with van der Waals surface area (Å²) in [5.41, 5.74) is 1.06. The number of hydrogen-bond donors (Lipinski definition) is 1. The van der Waals surface area contributed by atoms with Crippen LogP contribution in [0.4, 0.5) is 5.69 Å². The highest BCUT2D eigenvalue weighted by Crippen LogP contribution is 2.37. The minimum Gasteiger partial charge on any atom is -0.380 e. The number of halogens is 1. The Kier molecular flexibility index (Phi) is 3.54. The van der Waals surface area contributed by atoms with Crippen molar-refractivity contribution in [1.82, 2.24) is 4.98 Å². The Hall–Kier alpha value is -0.650. The lowest BCUT2D eigenvalue weighted by Crippen LogP contribution is -2.39. The van der Waals surface area contributed by atoms with Gasteiger partial charge in [-0.15, -0.1) is 0 Å². The van der Waals surface area contributed by atoms with E-state index in [0.717, 1.165) is 49.2 Å². The summed E-state index contributed by atoms with van der Waals surface area (Å²) in [6.07, 6.45) is 5.87. The molecule has 1 N–H and O–H groups in total. The maximum atomic E-state index is 5.73. The first-order valence-electron chi connectivity index (χ1n) is 6.42. The third-order valence-corrected chi connectivity index (χ3v) is 4.31. The second kappa shape index (κ2) is 5.15. The maximum absolute atomic E-state index is 5.73. The summed E-state index contributed by atoms with van der Waals surface area (Å²) in [6.45, 7) is 1.48. The van der Waals surface area contributed by atoms with Crippen molar-refractivity contribution in [2.75, 3.05) is 18.5 Å². The molecule has 0 radical (unpaired) electrons. The van der Waals surface area contributed by atoms with Crippen LogP contribution >= 0.6 is 15.9 Å². The number of nitrogens with zero attached hydrogens (tertiary/aromatic N) is 1. The van der Waals surface area contributed by atoms with E-state index in [0.29, 0.717) is 6.04 Å². The summed E-state index contributed by atoms with van der Waals surface area (Å²) < 4.78 is 12.3. The number of rotatable bonds is 2. The number of pyridine rings is 1. The molecule has 3 rings (SSSR count). The first-order chi connectivity index (χ1) is 8.77. The Labute approximate surface area is 115 Å². The molecule has 1 spiro atoms. The van der Waals surface area contributed by atoms with Crippen molar-refractivity contribution in [3.63, 3.8) is 0 Å². The number of ether oxygens (including phenoxy) is 2. The summed E-state index contributed by atoms with van der Waals surface area (Å²) in [7, 11) is 0. The third-order valence-electron chi connectivity index (χ3n) is 3.68. The summed E-state index contributed by atoms with van der Waals surface area (Å²) in [6, 6.07) is 4.47. The molecule has 2 aliphatic rings. The van der Waals surface area contributed by atoms with E-state index in [-0.39, 0.29) is 5.79 Å². The molecule has 2 heterocycles. The molecule has 0 aromatic carbocycles. The van der Waals surface area contributed by atoms with Gasteiger partial charge in [0.1, 0.15) is 4.60 Å². The first kappa shape index (κ1) is 12.4. The average molecular weight is 313 g/mol. The molecule has 5 heteroatoms. The zero-order chi connectivity index (χ0) is 12.4. The second-order valence-corrected chi connectivity index (χ2v) is 5.62. The highest BCUT2D eigenvalue weighted by Gasteiger charge is 2.40. The third kappa shape index (κ3) is 2.53. The molecule has 0 bridgehead atoms. The fourth-order valence-electron chi connectivity index (χ4n) is 2.70. The molecule has 2 fully saturated rings. The smallest absolute Gasteiger partial charge is 0.168 e. The molecule has 98 valence electrons. The molecular formula is C13H17BrN2O2. The topological polar surface area (TPSA) is 43.4 Å². The standard InChI is InChI=1S/C13H17BrN2O2/c14-12-11(2-1-7-15-12)16-10-3-5-13(6-4-10)17-8-9-18-13/h1-2,7,10,16H,3-6,8-9H2. The van der Waals surface area contributed by atoms with Crippen LogP contribution in [0.25, 0.3) is 0 Å². The Morgan fingerprint density at radius 3 is 2.67 bits per heavy atom. The number of anilines is 1. The Bertz CT molecular complexity index is 411. The van der Waals surface area contributed by atoms with Gasteiger partial charge in [-0.2, -0.15) is 0 Å². The summed E-state index contributed by atoms with van der Waals surface area (Å²) in [5, 5.41) is 3.54. The molecule has 1 aliphatic heterocycles. The van der Waals surface area contributed by atoms with Gasteiger partial charge < -0.3 is 14.8 Å². The van der Waals surface area contributed by atoms with Crippen molar-refractivity contribution < 1.29 is 9.47 Å². The van der Waals surface area contributed by atoms with Crippen LogP contribution in [0.5, 0.6) is 0 Å². The van der Waals surface area contributed by atoms with Crippen LogP contribution in [0.2, 0.25) is 0 Å². The molecule has 1 aliphatic carbocycles. The van der Waals surface area contributed by atoms with E-state index in [1.165, 1.54) is 0 Å². The van der Waals surface area contributed by atoms with Gasteiger partial charge >= 0.3 is 0 Å². The lowest BCUT2D eigenvalue weighted by atomic mass is 9.90. The van der Waals surface area contributed by atoms with Crippen LogP contribution in [0.1, 0.15) is 25.7 Å². The zero-order valence-corrected chi connectivity index (χ0v) is 11.8. The lowest BCUT2D eigenvalue weighted by molar-refractivity contribution is -0.177. The van der Waals surface area contributed by atoms with Gasteiger partial charge in [-0.3, -0.25) is 0 Å². The van der Waals surface area contributed by atoms with Crippen molar-refractivity contribution in [2.45, 2.75) is 37.5 Å². The SMILES string of the molecule is Brc1ncccc1NC1CCC2(CC1)OCCO2. The normalized spacial score (nSPS) is 23.4.